The number of benzene rings is 1. The Kier molecular flexibility index (Phi) is 3.99. The summed E-state index contributed by atoms with van der Waals surface area (Å²) in [5, 5.41) is 3.58. The summed E-state index contributed by atoms with van der Waals surface area (Å²) >= 11 is 0. The summed E-state index contributed by atoms with van der Waals surface area (Å²) in [5.74, 6) is -0.404. The van der Waals surface area contributed by atoms with Crippen molar-refractivity contribution in [2.75, 3.05) is 17.8 Å². The summed E-state index contributed by atoms with van der Waals surface area (Å²) in [4.78, 5) is 13.4. The Morgan fingerprint density at radius 3 is 2.68 bits per heavy atom. The molecule has 0 unspecified atom stereocenters. The maximum Gasteiger partial charge on any atom is 0.439 e. The fourth-order valence-electron chi connectivity index (χ4n) is 2.40. The monoisotopic (exact) mass is 324 g/mol. The minimum absolute atomic E-state index is 0.254. The fraction of sp³-hybridized carbons (Fsp3) is 0.385. The predicted molar refractivity (Wildman–Crippen MR) is 80.5 cm³/mol. The Labute approximate surface area is 127 Å². The van der Waals surface area contributed by atoms with E-state index < -0.39 is 16.0 Å². The fourth-order valence-corrected chi connectivity index (χ4v) is 3.70. The van der Waals surface area contributed by atoms with Gasteiger partial charge in [0.05, 0.1) is 5.69 Å². The van der Waals surface area contributed by atoms with Crippen molar-refractivity contribution in [3.63, 3.8) is 0 Å². The van der Waals surface area contributed by atoms with E-state index in [9.17, 15) is 13.2 Å². The molecule has 1 aliphatic heterocycles. The Morgan fingerprint density at radius 1 is 1.23 bits per heavy atom. The molecule has 9 heteroatoms. The van der Waals surface area contributed by atoms with Gasteiger partial charge < -0.3 is 0 Å². The van der Waals surface area contributed by atoms with Crippen molar-refractivity contribution in [1.29, 1.82) is 0 Å². The molecule has 8 nitrogen and oxygen atoms in total. The van der Waals surface area contributed by atoms with Gasteiger partial charge in [0.1, 0.15) is 0 Å². The second kappa shape index (κ2) is 5.93. The molecule has 0 bridgehead atoms. The van der Waals surface area contributed by atoms with Gasteiger partial charge in [0, 0.05) is 18.7 Å². The topological polar surface area (TPSA) is 108 Å². The van der Waals surface area contributed by atoms with Crippen LogP contribution < -0.4 is 10.5 Å². The lowest BCUT2D eigenvalue weighted by atomic mass is 10.2. The Bertz CT molecular complexity index is 805. The zero-order valence-corrected chi connectivity index (χ0v) is 12.6. The highest BCUT2D eigenvalue weighted by Crippen LogP contribution is 2.21. The average molecular weight is 324 g/mol. The molecule has 118 valence electrons. The summed E-state index contributed by atoms with van der Waals surface area (Å²) in [6, 6.07) is 6.61. The highest BCUT2D eigenvalue weighted by molar-refractivity contribution is 7.90. The van der Waals surface area contributed by atoms with E-state index in [1.54, 1.807) is 24.3 Å². The second-order valence-corrected chi connectivity index (χ2v) is 6.76. The minimum atomic E-state index is -3.56. The van der Waals surface area contributed by atoms with Gasteiger partial charge in [0.25, 0.3) is 0 Å². The van der Waals surface area contributed by atoms with Crippen LogP contribution in [0, 0.1) is 0 Å². The van der Waals surface area contributed by atoms with Crippen LogP contribution >= 0.6 is 0 Å². The molecule has 1 aliphatic rings. The van der Waals surface area contributed by atoms with Crippen LogP contribution in [0.1, 0.15) is 19.3 Å². The van der Waals surface area contributed by atoms with Gasteiger partial charge in [-0.15, -0.1) is 0 Å². The van der Waals surface area contributed by atoms with Crippen LogP contribution in [0.2, 0.25) is 0 Å². The molecular formula is C13H16N4O4S. The quantitative estimate of drug-likeness (QED) is 0.877. The van der Waals surface area contributed by atoms with E-state index in [1.165, 1.54) is 4.31 Å². The third-order valence-electron chi connectivity index (χ3n) is 3.48. The SMILES string of the molecule is O=c1[nH]c(-c2cccc(NS(=O)(=O)N3CCCCC3)c2)no1. The molecule has 1 aromatic heterocycles. The molecule has 0 radical (unpaired) electrons. The molecule has 0 spiro atoms. The number of nitrogens with zero attached hydrogens (tertiary/aromatic N) is 2. The van der Waals surface area contributed by atoms with Crippen LogP contribution in [0.15, 0.2) is 33.6 Å². The van der Waals surface area contributed by atoms with Gasteiger partial charge in [-0.05, 0) is 25.0 Å². The van der Waals surface area contributed by atoms with Crippen LogP contribution in [0.3, 0.4) is 0 Å². The second-order valence-electron chi connectivity index (χ2n) is 5.09. The third-order valence-corrected chi connectivity index (χ3v) is 5.02. The van der Waals surface area contributed by atoms with Crippen molar-refractivity contribution in [3.8, 4) is 11.4 Å². The molecule has 3 rings (SSSR count). The third kappa shape index (κ3) is 3.20. The van der Waals surface area contributed by atoms with Gasteiger partial charge in [-0.25, -0.2) is 4.79 Å². The number of hydrogen-bond acceptors (Lipinski definition) is 5. The largest absolute Gasteiger partial charge is 0.439 e. The molecule has 0 amide bonds. The maximum atomic E-state index is 12.3. The molecule has 1 fully saturated rings. The van der Waals surface area contributed by atoms with Gasteiger partial charge >= 0.3 is 16.0 Å². The summed E-state index contributed by atoms with van der Waals surface area (Å²) in [6.07, 6.45) is 2.81. The lowest BCUT2D eigenvalue weighted by Gasteiger charge is -2.26. The van der Waals surface area contributed by atoms with E-state index in [0.29, 0.717) is 24.3 Å². The smallest absolute Gasteiger partial charge is 0.296 e. The predicted octanol–water partition coefficient (Wildman–Crippen LogP) is 1.17. The number of aromatic amines is 1. The highest BCUT2D eigenvalue weighted by Gasteiger charge is 2.23. The number of anilines is 1. The van der Waals surface area contributed by atoms with E-state index in [-0.39, 0.29) is 5.82 Å². The highest BCUT2D eigenvalue weighted by atomic mass is 32.2. The zero-order valence-electron chi connectivity index (χ0n) is 11.8. The first kappa shape index (κ1) is 14.8. The normalized spacial score (nSPS) is 16.5. The average Bonchev–Trinajstić information content (AvgIpc) is 2.95. The summed E-state index contributed by atoms with van der Waals surface area (Å²) in [6.45, 7) is 1.07. The van der Waals surface area contributed by atoms with Crippen molar-refractivity contribution >= 4 is 15.9 Å². The molecule has 2 aromatic rings. The first-order valence-corrected chi connectivity index (χ1v) is 8.43. The molecular weight excluding hydrogens is 308 g/mol. The number of rotatable bonds is 4. The zero-order chi connectivity index (χ0) is 15.6. The van der Waals surface area contributed by atoms with Gasteiger partial charge in [-0.2, -0.15) is 12.7 Å². The number of aromatic nitrogens is 2. The minimum Gasteiger partial charge on any atom is -0.296 e. The Hall–Kier alpha value is -2.13. The van der Waals surface area contributed by atoms with Crippen LogP contribution in [-0.2, 0) is 10.2 Å². The van der Waals surface area contributed by atoms with E-state index in [4.69, 9.17) is 0 Å². The molecule has 1 saturated heterocycles. The van der Waals surface area contributed by atoms with Gasteiger partial charge in [0.15, 0.2) is 5.82 Å². The van der Waals surface area contributed by atoms with Crippen LogP contribution in [-0.4, -0.2) is 36.0 Å². The van der Waals surface area contributed by atoms with E-state index >= 15 is 0 Å². The van der Waals surface area contributed by atoms with Gasteiger partial charge in [-0.3, -0.25) is 14.2 Å². The molecule has 2 heterocycles. The standard InChI is InChI=1S/C13H16N4O4S/c18-13-14-12(15-21-13)10-5-4-6-11(9-10)16-22(19,20)17-7-2-1-3-8-17/h4-6,9,16H,1-3,7-8H2,(H,14,15,18). The van der Waals surface area contributed by atoms with Crippen molar-refractivity contribution in [2.45, 2.75) is 19.3 Å². The Balaban J connectivity index is 1.82. The summed E-state index contributed by atoms with van der Waals surface area (Å²) in [7, 11) is -3.56. The molecule has 1 aromatic carbocycles. The van der Waals surface area contributed by atoms with E-state index in [0.717, 1.165) is 19.3 Å². The number of hydrogen-bond donors (Lipinski definition) is 2. The lowest BCUT2D eigenvalue weighted by molar-refractivity contribution is 0.349. The van der Waals surface area contributed by atoms with Crippen LogP contribution in [0.25, 0.3) is 11.4 Å². The molecule has 0 atom stereocenters. The van der Waals surface area contributed by atoms with Gasteiger partial charge in [0.2, 0.25) is 0 Å². The van der Waals surface area contributed by atoms with Crippen LogP contribution in [0.4, 0.5) is 5.69 Å². The maximum absolute atomic E-state index is 12.3. The number of H-pyrrole nitrogens is 1. The molecule has 0 saturated carbocycles. The van der Waals surface area contributed by atoms with Crippen molar-refractivity contribution in [3.05, 3.63) is 34.8 Å². The number of piperidine rings is 1. The molecule has 2 N–H and O–H groups in total. The molecule has 0 aliphatic carbocycles. The van der Waals surface area contributed by atoms with Gasteiger partial charge in [-0.1, -0.05) is 23.7 Å². The van der Waals surface area contributed by atoms with Crippen molar-refractivity contribution in [1.82, 2.24) is 14.4 Å². The van der Waals surface area contributed by atoms with Crippen molar-refractivity contribution in [2.24, 2.45) is 0 Å². The first-order valence-electron chi connectivity index (χ1n) is 6.99. The van der Waals surface area contributed by atoms with Crippen LogP contribution in [0.5, 0.6) is 0 Å². The summed E-state index contributed by atoms with van der Waals surface area (Å²) < 4.78 is 33.1. The first-order chi connectivity index (χ1) is 10.5. The Morgan fingerprint density at radius 2 is 2.00 bits per heavy atom. The summed E-state index contributed by atoms with van der Waals surface area (Å²) in [5.41, 5.74) is 0.969. The van der Waals surface area contributed by atoms with E-state index in [2.05, 4.69) is 19.4 Å². The number of nitrogens with one attached hydrogen (secondary N) is 2. The molecule has 22 heavy (non-hydrogen) atoms. The lowest BCUT2D eigenvalue weighted by Crippen LogP contribution is -2.39. The van der Waals surface area contributed by atoms with E-state index in [1.807, 2.05) is 0 Å². The van der Waals surface area contributed by atoms with Crippen molar-refractivity contribution < 1.29 is 12.9 Å².